The SMILES string of the molecule is CCCCCCCNC(=O)CCCCCCCCCC(=O)NOC(=O)CC. The Bertz CT molecular complexity index is 400. The monoisotopic (exact) mass is 384 g/mol. The maximum Gasteiger partial charge on any atom is 0.331 e. The first-order valence-electron chi connectivity index (χ1n) is 10.8. The summed E-state index contributed by atoms with van der Waals surface area (Å²) < 4.78 is 0. The normalized spacial score (nSPS) is 10.4. The molecule has 0 saturated heterocycles. The van der Waals surface area contributed by atoms with Crippen molar-refractivity contribution in [3.63, 3.8) is 0 Å². The smallest absolute Gasteiger partial charge is 0.331 e. The Hall–Kier alpha value is -1.59. The van der Waals surface area contributed by atoms with Crippen molar-refractivity contribution in [2.24, 2.45) is 0 Å². The fourth-order valence-electron chi connectivity index (χ4n) is 2.74. The molecule has 6 heteroatoms. The van der Waals surface area contributed by atoms with Crippen LogP contribution in [0.2, 0.25) is 0 Å². The van der Waals surface area contributed by atoms with Gasteiger partial charge in [-0.15, -0.1) is 0 Å². The molecule has 0 aromatic rings. The van der Waals surface area contributed by atoms with Crippen LogP contribution >= 0.6 is 0 Å². The van der Waals surface area contributed by atoms with Gasteiger partial charge in [-0.25, -0.2) is 4.79 Å². The summed E-state index contributed by atoms with van der Waals surface area (Å²) in [5.74, 6) is -0.488. The number of unbranched alkanes of at least 4 members (excludes halogenated alkanes) is 10. The van der Waals surface area contributed by atoms with E-state index in [1.54, 1.807) is 6.92 Å². The molecule has 0 rings (SSSR count). The third-order valence-electron chi connectivity index (χ3n) is 4.48. The summed E-state index contributed by atoms with van der Waals surface area (Å²) in [6.45, 7) is 4.69. The third-order valence-corrected chi connectivity index (χ3v) is 4.48. The number of carbonyl (C=O) groups is 3. The molecule has 0 heterocycles. The molecule has 0 radical (unpaired) electrons. The lowest BCUT2D eigenvalue weighted by molar-refractivity contribution is -0.158. The summed E-state index contributed by atoms with van der Waals surface area (Å²) in [5, 5.41) is 3.00. The van der Waals surface area contributed by atoms with Crippen molar-refractivity contribution < 1.29 is 19.2 Å². The van der Waals surface area contributed by atoms with E-state index < -0.39 is 5.97 Å². The van der Waals surface area contributed by atoms with E-state index >= 15 is 0 Å². The molecule has 0 fully saturated rings. The maximum absolute atomic E-state index is 11.7. The molecule has 0 saturated carbocycles. The fraction of sp³-hybridized carbons (Fsp3) is 0.857. The van der Waals surface area contributed by atoms with Gasteiger partial charge in [0.2, 0.25) is 5.91 Å². The quantitative estimate of drug-likeness (QED) is 0.284. The first-order valence-corrected chi connectivity index (χ1v) is 10.8. The predicted molar refractivity (Wildman–Crippen MR) is 108 cm³/mol. The highest BCUT2D eigenvalue weighted by Crippen LogP contribution is 2.10. The molecule has 0 atom stereocenters. The largest absolute Gasteiger partial charge is 0.356 e. The second kappa shape index (κ2) is 19.2. The molecule has 2 amide bonds. The van der Waals surface area contributed by atoms with E-state index in [9.17, 15) is 14.4 Å². The van der Waals surface area contributed by atoms with Crippen molar-refractivity contribution in [2.45, 2.75) is 110 Å². The molecule has 0 aliphatic rings. The van der Waals surface area contributed by atoms with Crippen molar-refractivity contribution in [2.75, 3.05) is 6.54 Å². The highest BCUT2D eigenvalue weighted by molar-refractivity contribution is 5.77. The molecule has 27 heavy (non-hydrogen) atoms. The van der Waals surface area contributed by atoms with Crippen LogP contribution in [0.25, 0.3) is 0 Å². The van der Waals surface area contributed by atoms with Crippen molar-refractivity contribution in [1.82, 2.24) is 10.8 Å². The van der Waals surface area contributed by atoms with E-state index in [2.05, 4.69) is 22.6 Å². The van der Waals surface area contributed by atoms with Crippen LogP contribution in [0.15, 0.2) is 0 Å². The molecular weight excluding hydrogens is 344 g/mol. The van der Waals surface area contributed by atoms with Crippen molar-refractivity contribution in [1.29, 1.82) is 0 Å². The Labute approximate surface area is 165 Å². The van der Waals surface area contributed by atoms with Crippen LogP contribution in [-0.4, -0.2) is 24.3 Å². The van der Waals surface area contributed by atoms with Crippen LogP contribution in [0.1, 0.15) is 110 Å². The lowest BCUT2D eigenvalue weighted by Crippen LogP contribution is -2.26. The van der Waals surface area contributed by atoms with Gasteiger partial charge < -0.3 is 10.2 Å². The van der Waals surface area contributed by atoms with E-state index in [4.69, 9.17) is 0 Å². The van der Waals surface area contributed by atoms with Gasteiger partial charge >= 0.3 is 5.97 Å². The first-order chi connectivity index (χ1) is 13.1. The molecule has 2 N–H and O–H groups in total. The number of nitrogens with one attached hydrogen (secondary N) is 2. The number of rotatable bonds is 17. The van der Waals surface area contributed by atoms with Crippen LogP contribution in [0.4, 0.5) is 0 Å². The van der Waals surface area contributed by atoms with Gasteiger partial charge in [0.25, 0.3) is 5.91 Å². The zero-order valence-corrected chi connectivity index (χ0v) is 17.4. The van der Waals surface area contributed by atoms with Crippen molar-refractivity contribution in [3.8, 4) is 0 Å². The summed E-state index contributed by atoms with van der Waals surface area (Å²) in [5.41, 5.74) is 2.16. The van der Waals surface area contributed by atoms with Crippen LogP contribution in [0.3, 0.4) is 0 Å². The first kappa shape index (κ1) is 25.4. The Morgan fingerprint density at radius 1 is 0.667 bits per heavy atom. The number of hydroxylamine groups is 1. The van der Waals surface area contributed by atoms with Gasteiger partial charge in [0.15, 0.2) is 0 Å². The van der Waals surface area contributed by atoms with Crippen molar-refractivity contribution in [3.05, 3.63) is 0 Å². The van der Waals surface area contributed by atoms with E-state index in [-0.39, 0.29) is 18.2 Å². The lowest BCUT2D eigenvalue weighted by Gasteiger charge is -2.06. The van der Waals surface area contributed by atoms with E-state index in [1.165, 1.54) is 25.7 Å². The van der Waals surface area contributed by atoms with Crippen molar-refractivity contribution >= 4 is 17.8 Å². The number of hydrogen-bond donors (Lipinski definition) is 2. The highest BCUT2D eigenvalue weighted by atomic mass is 16.7. The minimum atomic E-state index is -0.427. The fourth-order valence-corrected chi connectivity index (χ4v) is 2.74. The lowest BCUT2D eigenvalue weighted by atomic mass is 10.1. The molecule has 0 spiro atoms. The Kier molecular flexibility index (Phi) is 18.0. The molecule has 0 aromatic carbocycles. The van der Waals surface area contributed by atoms with Crippen LogP contribution in [0.5, 0.6) is 0 Å². The van der Waals surface area contributed by atoms with E-state index in [0.29, 0.717) is 12.8 Å². The summed E-state index contributed by atoms with van der Waals surface area (Å²) in [6.07, 6.45) is 14.5. The standard InChI is InChI=1S/C21H40N2O4/c1-3-5-6-12-15-18-22-19(24)16-13-10-8-7-9-11-14-17-20(25)23-27-21(26)4-2/h3-18H2,1-2H3,(H,22,24)(H,23,25). The average molecular weight is 385 g/mol. The summed E-state index contributed by atoms with van der Waals surface area (Å²) in [6, 6.07) is 0. The molecular formula is C21H40N2O4. The van der Waals surface area contributed by atoms with Gasteiger partial charge in [0, 0.05) is 25.8 Å². The molecule has 0 bridgehead atoms. The van der Waals surface area contributed by atoms with Gasteiger partial charge in [-0.05, 0) is 19.3 Å². The molecule has 0 aromatic heterocycles. The Morgan fingerprint density at radius 3 is 1.78 bits per heavy atom. The summed E-state index contributed by atoms with van der Waals surface area (Å²) >= 11 is 0. The number of hydrogen-bond acceptors (Lipinski definition) is 4. The van der Waals surface area contributed by atoms with Crippen LogP contribution < -0.4 is 10.8 Å². The van der Waals surface area contributed by atoms with Gasteiger partial charge in [-0.1, -0.05) is 71.6 Å². The highest BCUT2D eigenvalue weighted by Gasteiger charge is 2.04. The minimum absolute atomic E-state index is 0.181. The number of amides is 2. The summed E-state index contributed by atoms with van der Waals surface area (Å²) in [7, 11) is 0. The molecule has 0 aliphatic heterocycles. The van der Waals surface area contributed by atoms with E-state index in [1.807, 2.05) is 0 Å². The van der Waals surface area contributed by atoms with E-state index in [0.717, 1.165) is 57.9 Å². The topological polar surface area (TPSA) is 84.5 Å². The molecule has 0 aliphatic carbocycles. The second-order valence-electron chi connectivity index (χ2n) is 7.09. The minimum Gasteiger partial charge on any atom is -0.356 e. The Balaban J connectivity index is 3.29. The Morgan fingerprint density at radius 2 is 1.19 bits per heavy atom. The zero-order chi connectivity index (χ0) is 20.2. The van der Waals surface area contributed by atoms with Crippen LogP contribution in [-0.2, 0) is 19.2 Å². The number of carbonyl (C=O) groups excluding carboxylic acids is 3. The average Bonchev–Trinajstić information content (AvgIpc) is 2.67. The molecule has 158 valence electrons. The van der Waals surface area contributed by atoms with Gasteiger partial charge in [0.1, 0.15) is 0 Å². The second-order valence-corrected chi connectivity index (χ2v) is 7.09. The third kappa shape index (κ3) is 19.0. The maximum atomic E-state index is 11.7. The predicted octanol–water partition coefficient (Wildman–Crippen LogP) is 4.57. The van der Waals surface area contributed by atoms with Gasteiger partial charge in [-0.2, -0.15) is 5.48 Å². The van der Waals surface area contributed by atoms with Gasteiger partial charge in [0.05, 0.1) is 0 Å². The van der Waals surface area contributed by atoms with Crippen LogP contribution in [0, 0.1) is 0 Å². The van der Waals surface area contributed by atoms with Gasteiger partial charge in [-0.3, -0.25) is 9.59 Å². The molecule has 0 unspecified atom stereocenters. The molecule has 6 nitrogen and oxygen atoms in total. The summed E-state index contributed by atoms with van der Waals surface area (Å²) in [4.78, 5) is 38.6. The zero-order valence-electron chi connectivity index (χ0n) is 17.4.